The maximum Gasteiger partial charge on any atom is 0.251 e. The van der Waals surface area contributed by atoms with E-state index in [-0.39, 0.29) is 11.8 Å². The summed E-state index contributed by atoms with van der Waals surface area (Å²) in [4.78, 5) is 23.4. The van der Waals surface area contributed by atoms with Gasteiger partial charge in [0, 0.05) is 18.3 Å². The number of rotatable bonds is 3. The van der Waals surface area contributed by atoms with E-state index in [1.807, 2.05) is 0 Å². The normalized spacial score (nSPS) is 16.6. The average Bonchev–Trinajstić information content (AvgIpc) is 2.35. The molecule has 0 aliphatic heterocycles. The second-order valence-electron chi connectivity index (χ2n) is 4.62. The number of hydrogen-bond donors (Lipinski definition) is 3. The number of carbonyl (C=O) groups is 2. The van der Waals surface area contributed by atoms with Crippen LogP contribution in [0, 0.1) is 0 Å². The lowest BCUT2D eigenvalue weighted by molar-refractivity contribution is -0.123. The number of nitrogens with two attached hydrogens (primary N) is 1. The van der Waals surface area contributed by atoms with Crippen molar-refractivity contribution < 1.29 is 9.59 Å². The lowest BCUT2D eigenvalue weighted by Gasteiger charge is -2.36. The molecule has 0 aromatic heterocycles. The minimum atomic E-state index is -0.733. The van der Waals surface area contributed by atoms with Crippen LogP contribution in [0.5, 0.6) is 0 Å². The Kier molecular flexibility index (Phi) is 3.34. The molecule has 0 atom stereocenters. The minimum Gasteiger partial charge on any atom is -0.355 e. The Labute approximate surface area is 106 Å². The molecule has 1 aromatic carbocycles. The third-order valence-corrected chi connectivity index (χ3v) is 3.31. The van der Waals surface area contributed by atoms with Gasteiger partial charge in [-0.1, -0.05) is 6.07 Å². The summed E-state index contributed by atoms with van der Waals surface area (Å²) in [5.41, 5.74) is 6.30. The molecule has 1 aliphatic rings. The van der Waals surface area contributed by atoms with Crippen molar-refractivity contribution in [1.82, 2.24) is 5.32 Å². The lowest BCUT2D eigenvalue weighted by atomic mass is 9.77. The molecule has 1 fully saturated rings. The first-order valence-corrected chi connectivity index (χ1v) is 5.98. The van der Waals surface area contributed by atoms with Crippen LogP contribution < -0.4 is 16.4 Å². The fourth-order valence-electron chi connectivity index (χ4n) is 1.92. The van der Waals surface area contributed by atoms with Crippen molar-refractivity contribution in [3.05, 3.63) is 29.8 Å². The van der Waals surface area contributed by atoms with E-state index in [0.29, 0.717) is 24.1 Å². The van der Waals surface area contributed by atoms with Gasteiger partial charge < -0.3 is 16.4 Å². The van der Waals surface area contributed by atoms with Crippen LogP contribution in [0.25, 0.3) is 0 Å². The SMILES string of the molecule is CNC(=O)c1cccc(NC(=O)C2(N)CCC2)c1. The molecule has 5 nitrogen and oxygen atoms in total. The first-order valence-electron chi connectivity index (χ1n) is 5.98. The molecule has 1 aromatic rings. The molecule has 0 bridgehead atoms. The summed E-state index contributed by atoms with van der Waals surface area (Å²) in [6.07, 6.45) is 2.42. The van der Waals surface area contributed by atoms with Crippen LogP contribution in [0.15, 0.2) is 24.3 Å². The van der Waals surface area contributed by atoms with Crippen LogP contribution in [0.3, 0.4) is 0 Å². The molecule has 96 valence electrons. The molecule has 1 aliphatic carbocycles. The zero-order valence-electron chi connectivity index (χ0n) is 10.3. The third-order valence-electron chi connectivity index (χ3n) is 3.31. The molecule has 0 heterocycles. The van der Waals surface area contributed by atoms with Crippen LogP contribution >= 0.6 is 0 Å². The van der Waals surface area contributed by atoms with Gasteiger partial charge in [-0.25, -0.2) is 0 Å². The van der Waals surface area contributed by atoms with E-state index in [1.165, 1.54) is 0 Å². The highest BCUT2D eigenvalue weighted by molar-refractivity contribution is 6.00. The number of amides is 2. The summed E-state index contributed by atoms with van der Waals surface area (Å²) >= 11 is 0. The summed E-state index contributed by atoms with van der Waals surface area (Å²) < 4.78 is 0. The summed E-state index contributed by atoms with van der Waals surface area (Å²) in [5.74, 6) is -0.361. The Bertz CT molecular complexity index is 481. The molecular weight excluding hydrogens is 230 g/mol. The Morgan fingerprint density at radius 3 is 2.61 bits per heavy atom. The highest BCUT2D eigenvalue weighted by atomic mass is 16.2. The van der Waals surface area contributed by atoms with Crippen LogP contribution in [0.4, 0.5) is 5.69 Å². The number of hydrogen-bond acceptors (Lipinski definition) is 3. The van der Waals surface area contributed by atoms with Crippen LogP contribution in [-0.4, -0.2) is 24.4 Å². The monoisotopic (exact) mass is 247 g/mol. The van der Waals surface area contributed by atoms with Gasteiger partial charge in [-0.15, -0.1) is 0 Å². The lowest BCUT2D eigenvalue weighted by Crippen LogP contribution is -2.56. The van der Waals surface area contributed by atoms with Gasteiger partial charge in [0.15, 0.2) is 0 Å². The Morgan fingerprint density at radius 1 is 1.33 bits per heavy atom. The molecule has 2 rings (SSSR count). The van der Waals surface area contributed by atoms with Gasteiger partial charge in [-0.3, -0.25) is 9.59 Å². The maximum atomic E-state index is 11.9. The van der Waals surface area contributed by atoms with Gasteiger partial charge in [0.25, 0.3) is 5.91 Å². The number of benzene rings is 1. The van der Waals surface area contributed by atoms with Crippen LogP contribution in [0.1, 0.15) is 29.6 Å². The van der Waals surface area contributed by atoms with Gasteiger partial charge in [-0.05, 0) is 37.5 Å². The number of anilines is 1. The molecule has 0 saturated heterocycles. The van der Waals surface area contributed by atoms with Crippen LogP contribution in [-0.2, 0) is 4.79 Å². The molecule has 18 heavy (non-hydrogen) atoms. The second-order valence-corrected chi connectivity index (χ2v) is 4.62. The fourth-order valence-corrected chi connectivity index (χ4v) is 1.92. The highest BCUT2D eigenvalue weighted by Gasteiger charge is 2.40. The fraction of sp³-hybridized carbons (Fsp3) is 0.385. The van der Waals surface area contributed by atoms with Crippen molar-refractivity contribution in [1.29, 1.82) is 0 Å². The largest absolute Gasteiger partial charge is 0.355 e. The standard InChI is InChI=1S/C13H17N3O2/c1-15-11(17)9-4-2-5-10(8-9)16-12(18)13(14)6-3-7-13/h2,4-5,8H,3,6-7,14H2,1H3,(H,15,17)(H,16,18). The summed E-state index contributed by atoms with van der Waals surface area (Å²) in [6, 6.07) is 6.80. The third kappa shape index (κ3) is 2.36. The zero-order chi connectivity index (χ0) is 13.2. The topological polar surface area (TPSA) is 84.2 Å². The quantitative estimate of drug-likeness (QED) is 0.741. The highest BCUT2D eigenvalue weighted by Crippen LogP contribution is 2.30. The van der Waals surface area contributed by atoms with Gasteiger partial charge in [-0.2, -0.15) is 0 Å². The molecule has 5 heteroatoms. The summed E-state index contributed by atoms with van der Waals surface area (Å²) in [7, 11) is 1.57. The first kappa shape index (κ1) is 12.6. The van der Waals surface area contributed by atoms with E-state index in [1.54, 1.807) is 31.3 Å². The maximum absolute atomic E-state index is 11.9. The number of nitrogens with one attached hydrogen (secondary N) is 2. The Morgan fingerprint density at radius 2 is 2.06 bits per heavy atom. The minimum absolute atomic E-state index is 0.178. The van der Waals surface area contributed by atoms with Gasteiger partial charge in [0.1, 0.15) is 0 Å². The average molecular weight is 247 g/mol. The molecule has 0 spiro atoms. The number of carbonyl (C=O) groups excluding carboxylic acids is 2. The Balaban J connectivity index is 2.10. The predicted molar refractivity (Wildman–Crippen MR) is 69.2 cm³/mol. The van der Waals surface area contributed by atoms with Crippen molar-refractivity contribution in [2.24, 2.45) is 5.73 Å². The van der Waals surface area contributed by atoms with Crippen molar-refractivity contribution in [2.45, 2.75) is 24.8 Å². The smallest absolute Gasteiger partial charge is 0.251 e. The molecule has 4 N–H and O–H groups in total. The van der Waals surface area contributed by atoms with E-state index in [2.05, 4.69) is 10.6 Å². The van der Waals surface area contributed by atoms with E-state index >= 15 is 0 Å². The summed E-state index contributed by atoms with van der Waals surface area (Å²) in [6.45, 7) is 0. The molecule has 0 radical (unpaired) electrons. The van der Waals surface area contributed by atoms with Gasteiger partial charge in [0.2, 0.25) is 5.91 Å². The van der Waals surface area contributed by atoms with E-state index in [0.717, 1.165) is 6.42 Å². The molecular formula is C13H17N3O2. The Hall–Kier alpha value is -1.88. The molecule has 1 saturated carbocycles. The van der Waals surface area contributed by atoms with Crippen molar-refractivity contribution >= 4 is 17.5 Å². The predicted octanol–water partition coefficient (Wildman–Crippen LogP) is 0.866. The van der Waals surface area contributed by atoms with E-state index in [9.17, 15) is 9.59 Å². The first-order chi connectivity index (χ1) is 8.55. The zero-order valence-corrected chi connectivity index (χ0v) is 10.3. The second kappa shape index (κ2) is 4.78. The van der Waals surface area contributed by atoms with Crippen molar-refractivity contribution in [2.75, 3.05) is 12.4 Å². The van der Waals surface area contributed by atoms with E-state index in [4.69, 9.17) is 5.73 Å². The molecule has 0 unspecified atom stereocenters. The van der Waals surface area contributed by atoms with Gasteiger partial charge in [0.05, 0.1) is 5.54 Å². The van der Waals surface area contributed by atoms with Crippen molar-refractivity contribution in [3.8, 4) is 0 Å². The van der Waals surface area contributed by atoms with Crippen molar-refractivity contribution in [3.63, 3.8) is 0 Å². The van der Waals surface area contributed by atoms with Gasteiger partial charge >= 0.3 is 0 Å². The summed E-state index contributed by atoms with van der Waals surface area (Å²) in [5, 5.41) is 5.30. The van der Waals surface area contributed by atoms with Crippen LogP contribution in [0.2, 0.25) is 0 Å². The molecule has 2 amide bonds. The van der Waals surface area contributed by atoms with E-state index < -0.39 is 5.54 Å².